The number of unbranched alkanes of at least 4 members (excludes halogenated alkanes) is 2. The largest absolute Gasteiger partial charge is 0.357 e. The van der Waals surface area contributed by atoms with Crippen LogP contribution in [0.2, 0.25) is 0 Å². The van der Waals surface area contributed by atoms with E-state index in [4.69, 9.17) is 4.99 Å². The number of hydrogen-bond acceptors (Lipinski definition) is 3. The summed E-state index contributed by atoms with van der Waals surface area (Å²) >= 11 is 0. The number of aryl methyl sites for hydroxylation is 1. The van der Waals surface area contributed by atoms with E-state index in [0.717, 1.165) is 43.7 Å². The van der Waals surface area contributed by atoms with Crippen molar-refractivity contribution in [1.82, 2.24) is 25.4 Å². The fourth-order valence-electron chi connectivity index (χ4n) is 3.42. The van der Waals surface area contributed by atoms with Crippen molar-refractivity contribution >= 4 is 29.9 Å². The Morgan fingerprint density at radius 2 is 1.93 bits per heavy atom. The molecule has 1 aromatic heterocycles. The Balaban J connectivity index is 0.00000364. The molecule has 1 aliphatic heterocycles. The maximum Gasteiger partial charge on any atom is 0.191 e. The topological polar surface area (TPSA) is 67.1 Å². The number of rotatable bonds is 9. The highest BCUT2D eigenvalue weighted by molar-refractivity contribution is 14.0. The van der Waals surface area contributed by atoms with E-state index in [1.54, 1.807) is 0 Å². The minimum atomic E-state index is 0. The summed E-state index contributed by atoms with van der Waals surface area (Å²) in [5.74, 6) is 2.99. The van der Waals surface area contributed by atoms with Crippen LogP contribution in [0.15, 0.2) is 4.99 Å². The van der Waals surface area contributed by atoms with Crippen molar-refractivity contribution in [2.45, 2.75) is 92.2 Å². The average Bonchev–Trinajstić information content (AvgIpc) is 2.84. The van der Waals surface area contributed by atoms with Crippen LogP contribution in [0.1, 0.15) is 84.3 Å². The second-order valence-electron chi connectivity index (χ2n) is 8.16. The third-order valence-corrected chi connectivity index (χ3v) is 5.10. The average molecular weight is 490 g/mol. The maximum absolute atomic E-state index is 4.77. The number of halogens is 1. The van der Waals surface area contributed by atoms with Crippen LogP contribution in [0.5, 0.6) is 0 Å². The van der Waals surface area contributed by atoms with E-state index in [0.29, 0.717) is 6.54 Å². The molecule has 2 heterocycles. The predicted octanol–water partition coefficient (Wildman–Crippen LogP) is 4.28. The molecule has 0 bridgehead atoms. The molecule has 27 heavy (non-hydrogen) atoms. The Bertz CT molecular complexity index is 567. The summed E-state index contributed by atoms with van der Waals surface area (Å²) in [5, 5.41) is 15.6. The summed E-state index contributed by atoms with van der Waals surface area (Å²) in [6, 6.07) is 0. The molecule has 2 N–H and O–H groups in total. The van der Waals surface area contributed by atoms with Crippen LogP contribution in [0.4, 0.5) is 0 Å². The predicted molar refractivity (Wildman–Crippen MR) is 124 cm³/mol. The second-order valence-corrected chi connectivity index (χ2v) is 8.16. The Morgan fingerprint density at radius 1 is 1.11 bits per heavy atom. The number of nitrogens with one attached hydrogen (secondary N) is 2. The van der Waals surface area contributed by atoms with Crippen molar-refractivity contribution < 1.29 is 0 Å². The third kappa shape index (κ3) is 8.35. The van der Waals surface area contributed by atoms with Crippen LogP contribution < -0.4 is 10.6 Å². The van der Waals surface area contributed by atoms with Gasteiger partial charge in [0.25, 0.3) is 0 Å². The molecule has 1 aliphatic rings. The van der Waals surface area contributed by atoms with E-state index in [1.165, 1.54) is 44.9 Å². The van der Waals surface area contributed by atoms with E-state index in [1.807, 2.05) is 0 Å². The fourth-order valence-corrected chi connectivity index (χ4v) is 3.42. The van der Waals surface area contributed by atoms with Crippen LogP contribution in [-0.4, -0.2) is 33.8 Å². The highest BCUT2D eigenvalue weighted by Gasteiger charge is 2.18. The van der Waals surface area contributed by atoms with Gasteiger partial charge in [0, 0.05) is 26.1 Å². The van der Waals surface area contributed by atoms with Crippen molar-refractivity contribution in [3.8, 4) is 0 Å². The lowest BCUT2D eigenvalue weighted by atomic mass is 9.87. The van der Waals surface area contributed by atoms with Crippen molar-refractivity contribution in [3.63, 3.8) is 0 Å². The number of guanidine groups is 1. The molecule has 0 unspecified atom stereocenters. The van der Waals surface area contributed by atoms with Crippen LogP contribution in [0.3, 0.4) is 0 Å². The molecule has 0 radical (unpaired) electrons. The van der Waals surface area contributed by atoms with Crippen LogP contribution in [0, 0.1) is 5.41 Å². The zero-order valence-corrected chi connectivity index (χ0v) is 20.0. The zero-order valence-electron chi connectivity index (χ0n) is 17.7. The Hall–Kier alpha value is -0.860. The van der Waals surface area contributed by atoms with Crippen LogP contribution in [-0.2, 0) is 19.5 Å². The number of nitrogens with zero attached hydrogens (tertiary/aromatic N) is 4. The first-order valence-corrected chi connectivity index (χ1v) is 10.5. The van der Waals surface area contributed by atoms with E-state index >= 15 is 0 Å². The van der Waals surface area contributed by atoms with E-state index in [9.17, 15) is 0 Å². The van der Waals surface area contributed by atoms with Gasteiger partial charge in [-0.2, -0.15) is 0 Å². The van der Waals surface area contributed by atoms with Gasteiger partial charge in [-0.15, -0.1) is 34.2 Å². The minimum Gasteiger partial charge on any atom is -0.357 e. The van der Waals surface area contributed by atoms with E-state index in [2.05, 4.69) is 53.1 Å². The van der Waals surface area contributed by atoms with Gasteiger partial charge in [-0.1, -0.05) is 46.5 Å². The number of aromatic nitrogens is 3. The molecule has 0 spiro atoms. The summed E-state index contributed by atoms with van der Waals surface area (Å²) in [4.78, 5) is 4.77. The molecule has 7 heteroatoms. The monoisotopic (exact) mass is 490 g/mol. The summed E-state index contributed by atoms with van der Waals surface area (Å²) in [5.41, 5.74) is 0.275. The zero-order chi connectivity index (χ0) is 18.8. The van der Waals surface area contributed by atoms with Gasteiger partial charge in [-0.05, 0) is 31.6 Å². The van der Waals surface area contributed by atoms with Gasteiger partial charge in [0.05, 0.1) is 0 Å². The second kappa shape index (κ2) is 12.6. The minimum absolute atomic E-state index is 0. The summed E-state index contributed by atoms with van der Waals surface area (Å²) in [7, 11) is 0. The molecule has 0 atom stereocenters. The van der Waals surface area contributed by atoms with Gasteiger partial charge < -0.3 is 15.2 Å². The first kappa shape index (κ1) is 24.2. The molecular formula is C20H39IN6. The molecule has 0 saturated heterocycles. The smallest absolute Gasteiger partial charge is 0.191 e. The summed E-state index contributed by atoms with van der Waals surface area (Å²) < 4.78 is 2.27. The Labute approximate surface area is 182 Å². The van der Waals surface area contributed by atoms with Crippen molar-refractivity contribution in [3.05, 3.63) is 11.6 Å². The SMILES string of the molecule is CCCCCC(C)(C)CNC(=NCc1nnc2n1CCCCC2)NCC.I. The van der Waals surface area contributed by atoms with Gasteiger partial charge >= 0.3 is 0 Å². The van der Waals surface area contributed by atoms with Crippen LogP contribution >= 0.6 is 24.0 Å². The summed E-state index contributed by atoms with van der Waals surface area (Å²) in [6.07, 6.45) is 9.89. The number of fused-ring (bicyclic) bond motifs is 1. The molecule has 0 amide bonds. The first-order chi connectivity index (χ1) is 12.6. The van der Waals surface area contributed by atoms with Crippen molar-refractivity contribution in [1.29, 1.82) is 0 Å². The molecule has 0 saturated carbocycles. The normalized spacial score (nSPS) is 14.9. The number of aliphatic imine (C=N–C) groups is 1. The lowest BCUT2D eigenvalue weighted by Gasteiger charge is -2.26. The Morgan fingerprint density at radius 3 is 2.67 bits per heavy atom. The molecule has 0 aromatic carbocycles. The molecule has 0 aliphatic carbocycles. The molecule has 1 aromatic rings. The molecular weight excluding hydrogens is 451 g/mol. The summed E-state index contributed by atoms with van der Waals surface area (Å²) in [6.45, 7) is 12.4. The van der Waals surface area contributed by atoms with Gasteiger partial charge in [-0.25, -0.2) is 4.99 Å². The molecule has 2 rings (SSSR count). The van der Waals surface area contributed by atoms with Gasteiger partial charge in [0.2, 0.25) is 0 Å². The van der Waals surface area contributed by atoms with Crippen molar-refractivity contribution in [2.24, 2.45) is 10.4 Å². The van der Waals surface area contributed by atoms with Gasteiger partial charge in [-0.3, -0.25) is 0 Å². The lowest BCUT2D eigenvalue weighted by Crippen LogP contribution is -2.42. The van der Waals surface area contributed by atoms with Crippen molar-refractivity contribution in [2.75, 3.05) is 13.1 Å². The number of hydrogen-bond donors (Lipinski definition) is 2. The third-order valence-electron chi connectivity index (χ3n) is 5.10. The molecule has 6 nitrogen and oxygen atoms in total. The van der Waals surface area contributed by atoms with E-state index in [-0.39, 0.29) is 29.4 Å². The standard InChI is InChI=1S/C20H38N6.HI/c1-5-7-10-13-20(3,4)16-23-19(21-6-2)22-15-18-25-24-17-12-9-8-11-14-26(17)18;/h5-16H2,1-4H3,(H2,21,22,23);1H. The van der Waals surface area contributed by atoms with E-state index < -0.39 is 0 Å². The highest BCUT2D eigenvalue weighted by atomic mass is 127. The highest BCUT2D eigenvalue weighted by Crippen LogP contribution is 2.22. The maximum atomic E-state index is 4.77. The quantitative estimate of drug-likeness (QED) is 0.235. The molecule has 0 fully saturated rings. The first-order valence-electron chi connectivity index (χ1n) is 10.5. The fraction of sp³-hybridized carbons (Fsp3) is 0.850. The van der Waals surface area contributed by atoms with Crippen LogP contribution in [0.25, 0.3) is 0 Å². The Kier molecular flexibility index (Phi) is 11.3. The lowest BCUT2D eigenvalue weighted by molar-refractivity contribution is 0.318. The molecule has 156 valence electrons. The van der Waals surface area contributed by atoms with Gasteiger partial charge in [0.15, 0.2) is 11.8 Å². The van der Waals surface area contributed by atoms with Gasteiger partial charge in [0.1, 0.15) is 12.4 Å².